The van der Waals surface area contributed by atoms with Gasteiger partial charge in [0.15, 0.2) is 0 Å². The summed E-state index contributed by atoms with van der Waals surface area (Å²) in [5.41, 5.74) is 1.47. The Bertz CT molecular complexity index is 1110. The molecule has 2 atom stereocenters. The number of rotatable bonds is 5. The van der Waals surface area contributed by atoms with E-state index in [1.165, 1.54) is 0 Å². The van der Waals surface area contributed by atoms with Gasteiger partial charge in [0.2, 0.25) is 11.8 Å². The highest BCUT2D eigenvalue weighted by atomic mass is 32.2. The molecule has 0 radical (unpaired) electrons. The number of methoxy groups -OCH3 is 1. The van der Waals surface area contributed by atoms with Crippen LogP contribution in [0.2, 0.25) is 0 Å². The fourth-order valence-electron chi connectivity index (χ4n) is 4.65. The Hall–Kier alpha value is -2.87. The number of para-hydroxylation sites is 1. The number of sulfone groups is 1. The van der Waals surface area contributed by atoms with Gasteiger partial charge in [-0.1, -0.05) is 30.3 Å². The van der Waals surface area contributed by atoms with E-state index < -0.39 is 21.3 Å². The molecule has 0 aliphatic carbocycles. The number of amides is 2. The quantitative estimate of drug-likeness (QED) is 0.789. The largest absolute Gasteiger partial charge is 0.497 e. The van der Waals surface area contributed by atoms with Crippen molar-refractivity contribution in [3.63, 3.8) is 0 Å². The van der Waals surface area contributed by atoms with E-state index in [0.717, 1.165) is 23.1 Å². The van der Waals surface area contributed by atoms with Gasteiger partial charge in [-0.05, 0) is 35.7 Å². The molecule has 0 unspecified atom stereocenters. The number of hydrogen-bond donors (Lipinski definition) is 1. The van der Waals surface area contributed by atoms with Crippen LogP contribution in [0.5, 0.6) is 5.75 Å². The zero-order valence-electron chi connectivity index (χ0n) is 16.9. The number of carbonyl (C=O) groups is 2. The van der Waals surface area contributed by atoms with Crippen LogP contribution in [0.1, 0.15) is 30.0 Å². The average Bonchev–Trinajstić information content (AvgIpc) is 3.25. The van der Waals surface area contributed by atoms with Crippen molar-refractivity contribution in [1.29, 1.82) is 0 Å². The van der Waals surface area contributed by atoms with Gasteiger partial charge in [-0.2, -0.15) is 0 Å². The molecule has 2 heterocycles. The van der Waals surface area contributed by atoms with Gasteiger partial charge >= 0.3 is 0 Å². The molecule has 2 amide bonds. The Labute approximate surface area is 175 Å². The number of hydrogen-bond acceptors (Lipinski definition) is 5. The molecule has 2 aliphatic heterocycles. The summed E-state index contributed by atoms with van der Waals surface area (Å²) in [6.45, 7) is 0.367. The van der Waals surface area contributed by atoms with Crippen molar-refractivity contribution in [2.24, 2.45) is 0 Å². The Balaban J connectivity index is 1.82. The first-order chi connectivity index (χ1) is 14.3. The normalized spacial score (nSPS) is 22.8. The molecule has 1 saturated heterocycles. The van der Waals surface area contributed by atoms with Crippen LogP contribution in [-0.4, -0.2) is 50.8 Å². The van der Waals surface area contributed by atoms with Crippen LogP contribution in [0, 0.1) is 0 Å². The summed E-state index contributed by atoms with van der Waals surface area (Å²) < 4.78 is 28.6. The molecular formula is C22H24N2O5S. The molecule has 2 aliphatic rings. The summed E-state index contributed by atoms with van der Waals surface area (Å²) in [4.78, 5) is 28.0. The lowest BCUT2D eigenvalue weighted by Crippen LogP contribution is -2.42. The third kappa shape index (κ3) is 3.35. The van der Waals surface area contributed by atoms with Crippen LogP contribution < -0.4 is 10.1 Å². The van der Waals surface area contributed by atoms with Crippen molar-refractivity contribution < 1.29 is 22.7 Å². The highest BCUT2D eigenvalue weighted by Crippen LogP contribution is 2.55. The van der Waals surface area contributed by atoms with Gasteiger partial charge in [-0.3, -0.25) is 9.59 Å². The van der Waals surface area contributed by atoms with Gasteiger partial charge in [0.05, 0.1) is 18.9 Å². The van der Waals surface area contributed by atoms with Gasteiger partial charge in [0.25, 0.3) is 0 Å². The zero-order valence-corrected chi connectivity index (χ0v) is 17.7. The summed E-state index contributed by atoms with van der Waals surface area (Å²) >= 11 is 0. The molecule has 30 heavy (non-hydrogen) atoms. The number of nitrogens with zero attached hydrogens (tertiary/aromatic N) is 1. The van der Waals surface area contributed by atoms with Gasteiger partial charge < -0.3 is 15.0 Å². The first kappa shape index (κ1) is 20.4. The van der Waals surface area contributed by atoms with Crippen molar-refractivity contribution in [1.82, 2.24) is 4.90 Å². The Kier molecular flexibility index (Phi) is 5.05. The summed E-state index contributed by atoms with van der Waals surface area (Å²) in [5, 5.41) is 2.97. The maximum atomic E-state index is 13.3. The summed E-state index contributed by atoms with van der Waals surface area (Å²) in [6.07, 6.45) is 1.47. The van der Waals surface area contributed by atoms with Crippen LogP contribution >= 0.6 is 0 Å². The van der Waals surface area contributed by atoms with Crippen LogP contribution in [0.3, 0.4) is 0 Å². The maximum Gasteiger partial charge on any atom is 0.237 e. The van der Waals surface area contributed by atoms with Gasteiger partial charge in [-0.15, -0.1) is 0 Å². The highest BCUT2D eigenvalue weighted by molar-refractivity contribution is 7.90. The van der Waals surface area contributed by atoms with Gasteiger partial charge in [0, 0.05) is 24.9 Å². The third-order valence-corrected chi connectivity index (χ3v) is 6.95. The summed E-state index contributed by atoms with van der Waals surface area (Å²) in [5.74, 6) is -0.00910. The van der Waals surface area contributed by atoms with Crippen molar-refractivity contribution in [2.75, 3.05) is 31.0 Å². The monoisotopic (exact) mass is 428 g/mol. The lowest BCUT2D eigenvalue weighted by molar-refractivity contribution is -0.133. The number of benzene rings is 2. The second kappa shape index (κ2) is 7.43. The predicted octanol–water partition coefficient (Wildman–Crippen LogP) is 2.29. The van der Waals surface area contributed by atoms with Crippen LogP contribution in [0.25, 0.3) is 0 Å². The van der Waals surface area contributed by atoms with E-state index in [1.54, 1.807) is 12.0 Å². The highest BCUT2D eigenvalue weighted by Gasteiger charge is 2.59. The van der Waals surface area contributed by atoms with Crippen LogP contribution in [-0.2, 0) is 24.8 Å². The number of likely N-dealkylation sites (tertiary alicyclic amines) is 1. The predicted molar refractivity (Wildman–Crippen MR) is 113 cm³/mol. The Morgan fingerprint density at radius 3 is 2.73 bits per heavy atom. The molecule has 7 nitrogen and oxygen atoms in total. The van der Waals surface area contributed by atoms with E-state index in [2.05, 4.69) is 5.32 Å². The second-order valence-electron chi connectivity index (χ2n) is 7.87. The van der Waals surface area contributed by atoms with E-state index in [4.69, 9.17) is 4.74 Å². The molecule has 1 fully saturated rings. The number of fused-ring (bicyclic) bond motifs is 2. The molecule has 4 rings (SSSR count). The number of ether oxygens (including phenoxy) is 1. The first-order valence-electron chi connectivity index (χ1n) is 9.78. The van der Waals surface area contributed by atoms with Gasteiger partial charge in [-0.25, -0.2) is 8.42 Å². The molecule has 158 valence electrons. The average molecular weight is 429 g/mol. The molecule has 2 aromatic rings. The smallest absolute Gasteiger partial charge is 0.237 e. The lowest BCUT2D eigenvalue weighted by Gasteiger charge is -2.34. The van der Waals surface area contributed by atoms with E-state index in [0.29, 0.717) is 18.7 Å². The van der Waals surface area contributed by atoms with Crippen LogP contribution in [0.15, 0.2) is 48.5 Å². The fourth-order valence-corrected chi connectivity index (χ4v) is 5.19. The number of carbonyl (C=O) groups excluding carboxylic acids is 2. The van der Waals surface area contributed by atoms with Crippen molar-refractivity contribution >= 4 is 27.3 Å². The molecule has 8 heteroatoms. The molecular weight excluding hydrogens is 404 g/mol. The minimum Gasteiger partial charge on any atom is -0.497 e. The number of anilines is 1. The molecule has 2 aromatic carbocycles. The summed E-state index contributed by atoms with van der Waals surface area (Å²) in [6, 6.07) is 14.3. The van der Waals surface area contributed by atoms with E-state index in [9.17, 15) is 18.0 Å². The van der Waals surface area contributed by atoms with Crippen LogP contribution in [0.4, 0.5) is 5.69 Å². The minimum atomic E-state index is -3.28. The SMILES string of the molecule is COc1cccc([C@@H]2N(C(=O)CCS(C)(=O)=O)CC[C@]23C(=O)Nc2ccccc23)c1. The van der Waals surface area contributed by atoms with Crippen molar-refractivity contribution in [2.45, 2.75) is 24.3 Å². The lowest BCUT2D eigenvalue weighted by atomic mass is 9.72. The van der Waals surface area contributed by atoms with E-state index in [-0.39, 0.29) is 24.0 Å². The molecule has 1 spiro atoms. The zero-order chi connectivity index (χ0) is 21.5. The topological polar surface area (TPSA) is 92.8 Å². The first-order valence-corrected chi connectivity index (χ1v) is 11.8. The fraction of sp³-hybridized carbons (Fsp3) is 0.364. The number of nitrogens with one attached hydrogen (secondary N) is 1. The molecule has 0 aromatic heterocycles. The Morgan fingerprint density at radius 1 is 1.23 bits per heavy atom. The molecule has 0 bridgehead atoms. The van der Waals surface area contributed by atoms with E-state index >= 15 is 0 Å². The Morgan fingerprint density at radius 2 is 2.00 bits per heavy atom. The maximum absolute atomic E-state index is 13.3. The van der Waals surface area contributed by atoms with Gasteiger partial charge in [0.1, 0.15) is 21.0 Å². The third-order valence-electron chi connectivity index (χ3n) is 6.00. The molecule has 0 saturated carbocycles. The standard InChI is InChI=1S/C22H24N2O5S/c1-29-16-7-5-6-15(14-16)20-22(17-8-3-4-9-18(17)23-21(22)26)11-12-24(20)19(25)10-13-30(2,27)28/h3-9,14,20H,10-13H2,1-2H3,(H,23,26)/t20-,22+/m0/s1. The molecule has 1 N–H and O–H groups in total. The van der Waals surface area contributed by atoms with E-state index in [1.807, 2.05) is 48.5 Å². The van der Waals surface area contributed by atoms with Crippen molar-refractivity contribution in [3.8, 4) is 5.75 Å². The minimum absolute atomic E-state index is 0.112. The second-order valence-corrected chi connectivity index (χ2v) is 10.1. The summed E-state index contributed by atoms with van der Waals surface area (Å²) in [7, 11) is -1.71. The van der Waals surface area contributed by atoms with Crippen molar-refractivity contribution in [3.05, 3.63) is 59.7 Å².